The van der Waals surface area contributed by atoms with Crippen molar-refractivity contribution < 1.29 is 19.8 Å². The van der Waals surface area contributed by atoms with Crippen LogP contribution in [0.15, 0.2) is 29.2 Å². The molecule has 2 aliphatic rings. The van der Waals surface area contributed by atoms with Gasteiger partial charge in [-0.2, -0.15) is 0 Å². The van der Waals surface area contributed by atoms with E-state index in [-0.39, 0.29) is 22.9 Å². The summed E-state index contributed by atoms with van der Waals surface area (Å²) in [6, 6.07) is -0.259. The smallest absolute Gasteiger partial charge is 0.353 e. The number of fused-ring (bicyclic) bond motifs is 1. The van der Waals surface area contributed by atoms with E-state index in [0.717, 1.165) is 5.69 Å². The zero-order valence-corrected chi connectivity index (χ0v) is 13.5. The number of aromatic nitrogens is 2. The molecule has 122 valence electrons. The van der Waals surface area contributed by atoms with Gasteiger partial charge in [-0.1, -0.05) is 0 Å². The predicted molar refractivity (Wildman–Crippen MR) is 83.1 cm³/mol. The molecule has 3 heterocycles. The third kappa shape index (κ3) is 2.61. The number of thioether (sulfide) groups is 1. The minimum atomic E-state index is -1.11. The van der Waals surface area contributed by atoms with Crippen molar-refractivity contribution in [1.29, 1.82) is 0 Å². The maximum Gasteiger partial charge on any atom is 0.353 e. The number of aliphatic carboxylic acids is 1. The number of nitrogens with zero attached hydrogens (tertiary/aromatic N) is 3. The lowest BCUT2D eigenvalue weighted by Gasteiger charge is -2.44. The second kappa shape index (κ2) is 5.93. The number of carbonyl (C=O) groups is 2. The molecule has 0 aliphatic carbocycles. The Labute approximate surface area is 137 Å². The molecule has 23 heavy (non-hydrogen) atoms. The third-order valence-corrected chi connectivity index (χ3v) is 5.45. The van der Waals surface area contributed by atoms with Gasteiger partial charge in [0.15, 0.2) is 0 Å². The fraction of sp³-hybridized carbons (Fsp3) is 0.467. The normalized spacial score (nSPS) is 25.9. The summed E-state index contributed by atoms with van der Waals surface area (Å²) in [6.07, 6.45) is 4.49. The van der Waals surface area contributed by atoms with Gasteiger partial charge in [-0.05, 0) is 13.8 Å². The Morgan fingerprint density at radius 1 is 1.43 bits per heavy atom. The van der Waals surface area contributed by atoms with E-state index < -0.39 is 18.0 Å². The number of carboxylic acids is 1. The van der Waals surface area contributed by atoms with E-state index in [0.29, 0.717) is 11.3 Å². The van der Waals surface area contributed by atoms with Gasteiger partial charge in [0.2, 0.25) is 5.91 Å². The highest BCUT2D eigenvalue weighted by molar-refractivity contribution is 8.03. The van der Waals surface area contributed by atoms with Crippen molar-refractivity contribution in [2.75, 3.05) is 0 Å². The number of aliphatic hydroxyl groups is 1. The molecule has 7 nitrogen and oxygen atoms in total. The Hall–Kier alpha value is -1.93. The number of carboxylic acid groups (broad SMARTS) is 1. The first-order chi connectivity index (χ1) is 10.9. The van der Waals surface area contributed by atoms with E-state index in [1.54, 1.807) is 25.5 Å². The van der Waals surface area contributed by atoms with E-state index in [9.17, 15) is 19.8 Å². The lowest BCUT2D eigenvalue weighted by atomic mass is 9.83. The highest BCUT2D eigenvalue weighted by Gasteiger charge is 2.56. The maximum atomic E-state index is 12.1. The third-order valence-electron chi connectivity index (χ3n) is 4.21. The van der Waals surface area contributed by atoms with E-state index in [1.165, 1.54) is 16.7 Å². The Bertz CT molecular complexity index is 677. The van der Waals surface area contributed by atoms with Crippen LogP contribution >= 0.6 is 11.8 Å². The highest BCUT2D eigenvalue weighted by atomic mass is 32.2. The topological polar surface area (TPSA) is 104 Å². The molecule has 4 atom stereocenters. The molecule has 1 saturated heterocycles. The Kier molecular flexibility index (Phi) is 4.11. The minimum Gasteiger partial charge on any atom is -0.477 e. The summed E-state index contributed by atoms with van der Waals surface area (Å²) in [5.41, 5.74) is 0.792. The van der Waals surface area contributed by atoms with Gasteiger partial charge in [0.1, 0.15) is 5.70 Å². The van der Waals surface area contributed by atoms with Crippen molar-refractivity contribution in [3.05, 3.63) is 34.9 Å². The Morgan fingerprint density at radius 2 is 2.17 bits per heavy atom. The van der Waals surface area contributed by atoms with Crippen molar-refractivity contribution in [3.8, 4) is 0 Å². The number of carbonyl (C=O) groups excluding carboxylic acids is 1. The van der Waals surface area contributed by atoms with E-state index >= 15 is 0 Å². The van der Waals surface area contributed by atoms with Crippen LogP contribution < -0.4 is 0 Å². The summed E-state index contributed by atoms with van der Waals surface area (Å²) >= 11 is 1.38. The number of β-lactam (4-membered cyclic amide) rings is 1. The molecule has 2 N–H and O–H groups in total. The molecule has 8 heteroatoms. The second-order valence-electron chi connectivity index (χ2n) is 5.71. The molecular weight excluding hydrogens is 318 g/mol. The van der Waals surface area contributed by atoms with Gasteiger partial charge >= 0.3 is 5.97 Å². The van der Waals surface area contributed by atoms with Gasteiger partial charge in [0.05, 0.1) is 29.0 Å². The fourth-order valence-electron chi connectivity index (χ4n) is 3.13. The molecule has 1 aromatic rings. The van der Waals surface area contributed by atoms with Crippen LogP contribution in [0.5, 0.6) is 0 Å². The van der Waals surface area contributed by atoms with Crippen molar-refractivity contribution in [3.63, 3.8) is 0 Å². The van der Waals surface area contributed by atoms with Crippen molar-refractivity contribution >= 4 is 23.6 Å². The van der Waals surface area contributed by atoms with Gasteiger partial charge in [-0.25, -0.2) is 4.79 Å². The average Bonchev–Trinajstić information content (AvgIpc) is 2.82. The lowest BCUT2D eigenvalue weighted by molar-refractivity contribution is -0.161. The molecule has 1 aromatic heterocycles. The van der Waals surface area contributed by atoms with Gasteiger partial charge in [-0.3, -0.25) is 14.8 Å². The predicted octanol–water partition coefficient (Wildman–Crippen LogP) is 1.18. The molecule has 2 aliphatic heterocycles. The largest absolute Gasteiger partial charge is 0.477 e. The average molecular weight is 335 g/mol. The Morgan fingerprint density at radius 3 is 2.74 bits per heavy atom. The first kappa shape index (κ1) is 15.9. The highest BCUT2D eigenvalue weighted by Crippen LogP contribution is 2.49. The van der Waals surface area contributed by atoms with Gasteiger partial charge in [-0.15, -0.1) is 11.8 Å². The van der Waals surface area contributed by atoms with Crippen LogP contribution in [-0.4, -0.2) is 49.1 Å². The monoisotopic (exact) mass is 335 g/mol. The van der Waals surface area contributed by atoms with Gasteiger partial charge in [0, 0.05) is 29.9 Å². The first-order valence-electron chi connectivity index (χ1n) is 7.32. The van der Waals surface area contributed by atoms with Crippen LogP contribution in [0.1, 0.15) is 31.2 Å². The van der Waals surface area contributed by atoms with Crippen LogP contribution in [-0.2, 0) is 9.59 Å². The minimum absolute atomic E-state index is 0.0395. The number of aliphatic hydroxyl groups excluding tert-OH is 1. The van der Waals surface area contributed by atoms with E-state index in [2.05, 4.69) is 9.97 Å². The summed E-state index contributed by atoms with van der Waals surface area (Å²) in [5.74, 6) is -1.95. The number of amides is 1. The summed E-state index contributed by atoms with van der Waals surface area (Å²) in [5, 5.41) is 19.1. The fourth-order valence-corrected chi connectivity index (χ4v) is 4.36. The molecule has 0 radical (unpaired) electrons. The SMILES string of the molecule is CC(SC1=C(C(=O)O)N2C(=O)[C@H]([C@@H](C)O)[C@H]2C1)c1cnccn1. The standard InChI is InChI=1S/C15H17N3O4S/c1-7(19)12-10-5-11(13(15(21)22)18(10)14(12)20)23-8(2)9-6-16-3-4-17-9/h3-4,6-8,10,12,19H,5H2,1-2H3,(H,21,22)/t7-,8?,10-,12-/m1/s1. The van der Waals surface area contributed by atoms with Crippen LogP contribution in [0.3, 0.4) is 0 Å². The lowest BCUT2D eigenvalue weighted by Crippen LogP contribution is -2.61. The molecule has 0 aromatic carbocycles. The summed E-state index contributed by atoms with van der Waals surface area (Å²) < 4.78 is 0. The van der Waals surface area contributed by atoms with Crippen molar-refractivity contribution in [2.45, 2.75) is 37.7 Å². The molecule has 0 saturated carbocycles. The molecule has 1 amide bonds. The van der Waals surface area contributed by atoms with Crippen LogP contribution in [0.25, 0.3) is 0 Å². The second-order valence-corrected chi connectivity index (χ2v) is 7.15. The number of rotatable bonds is 5. The number of hydrogen-bond acceptors (Lipinski definition) is 6. The number of hydrogen-bond donors (Lipinski definition) is 2. The van der Waals surface area contributed by atoms with E-state index in [4.69, 9.17) is 0 Å². The van der Waals surface area contributed by atoms with E-state index in [1.807, 2.05) is 6.92 Å². The molecule has 0 bridgehead atoms. The molecule has 3 rings (SSSR count). The Balaban J connectivity index is 1.84. The molecular formula is C15H17N3O4S. The van der Waals surface area contributed by atoms with Gasteiger partial charge < -0.3 is 15.1 Å². The van der Waals surface area contributed by atoms with Crippen molar-refractivity contribution in [2.24, 2.45) is 5.92 Å². The molecule has 0 spiro atoms. The van der Waals surface area contributed by atoms with Crippen molar-refractivity contribution in [1.82, 2.24) is 14.9 Å². The maximum absolute atomic E-state index is 12.1. The quantitative estimate of drug-likeness (QED) is 0.779. The first-order valence-corrected chi connectivity index (χ1v) is 8.20. The van der Waals surface area contributed by atoms with Crippen LogP contribution in [0.4, 0.5) is 0 Å². The summed E-state index contributed by atoms with van der Waals surface area (Å²) in [6.45, 7) is 3.48. The van der Waals surface area contributed by atoms with Gasteiger partial charge in [0.25, 0.3) is 0 Å². The molecule has 1 fully saturated rings. The summed E-state index contributed by atoms with van der Waals surface area (Å²) in [4.78, 5) is 33.9. The zero-order valence-electron chi connectivity index (χ0n) is 12.7. The zero-order chi connectivity index (χ0) is 16.7. The summed E-state index contributed by atoms with van der Waals surface area (Å²) in [7, 11) is 0. The molecule has 1 unspecified atom stereocenters. The van der Waals surface area contributed by atoms with Crippen LogP contribution in [0, 0.1) is 5.92 Å². The van der Waals surface area contributed by atoms with Crippen LogP contribution in [0.2, 0.25) is 0 Å².